The summed E-state index contributed by atoms with van der Waals surface area (Å²) >= 11 is 4.25. The molecule has 1 rings (SSSR count). The summed E-state index contributed by atoms with van der Waals surface area (Å²) in [4.78, 5) is 0. The molecule has 0 amide bonds. The second-order valence-corrected chi connectivity index (χ2v) is 3.35. The summed E-state index contributed by atoms with van der Waals surface area (Å²) in [6, 6.07) is 7.22. The van der Waals surface area contributed by atoms with Gasteiger partial charge in [-0.25, -0.2) is 0 Å². The number of rotatable bonds is 2. The number of ether oxygens (including phenoxy) is 1. The number of hydrogen-bond donors (Lipinski definition) is 0. The van der Waals surface area contributed by atoms with Crippen molar-refractivity contribution >= 4 is 13.6 Å². The van der Waals surface area contributed by atoms with Crippen LogP contribution in [0.1, 0.15) is 25.0 Å². The first kappa shape index (κ1) is 14.1. The second kappa shape index (κ2) is 7.42. The third-order valence-corrected chi connectivity index (χ3v) is 1.48. The molecule has 0 aromatic heterocycles. The monoisotopic (exact) mass is 306 g/mol. The summed E-state index contributed by atoms with van der Waals surface area (Å²) in [5.74, 6) is 0.943. The van der Waals surface area contributed by atoms with Gasteiger partial charge in [0.2, 0.25) is 0 Å². The fraction of sp³-hybridized carbons (Fsp3) is 0.455. The van der Waals surface area contributed by atoms with E-state index in [1.807, 2.05) is 39.8 Å². The molecule has 0 N–H and O–H groups in total. The fourth-order valence-electron chi connectivity index (χ4n) is 1.19. The van der Waals surface area contributed by atoms with E-state index in [9.17, 15) is 0 Å². The Morgan fingerprint density at radius 3 is 2.00 bits per heavy atom. The Labute approximate surface area is 103 Å². The molecule has 0 heterocycles. The first-order chi connectivity index (χ1) is 6.58. The summed E-state index contributed by atoms with van der Waals surface area (Å²) < 4.78 is 5.56. The fourth-order valence-corrected chi connectivity index (χ4v) is 1.19. The van der Waals surface area contributed by atoms with Crippen molar-refractivity contribution in [1.29, 1.82) is 0 Å². The molecular weight excluding hydrogens is 293 g/mol. The van der Waals surface area contributed by atoms with E-state index < -0.39 is 0 Å². The van der Waals surface area contributed by atoms with Crippen LogP contribution >= 0.6 is 13.6 Å². The first-order valence-corrected chi connectivity index (χ1v) is 11.5. The van der Waals surface area contributed by atoms with Crippen LogP contribution in [-0.2, 0) is 16.3 Å². The average Bonchev–Trinajstić information content (AvgIpc) is 2.04. The van der Waals surface area contributed by atoms with Crippen LogP contribution < -0.4 is 4.74 Å². The van der Waals surface area contributed by atoms with Crippen LogP contribution in [0.3, 0.4) is 0 Å². The molecular formula is C11H15BrOZn. The van der Waals surface area contributed by atoms with Gasteiger partial charge < -0.3 is 4.74 Å². The van der Waals surface area contributed by atoms with Crippen LogP contribution in [-0.4, -0.2) is 6.10 Å². The van der Waals surface area contributed by atoms with Crippen molar-refractivity contribution in [1.82, 2.24) is 0 Å². The Hall–Kier alpha value is 0.123. The van der Waals surface area contributed by atoms with Gasteiger partial charge in [0.25, 0.3) is 0 Å². The van der Waals surface area contributed by atoms with Crippen LogP contribution in [0.15, 0.2) is 12.1 Å². The number of hydrogen-bond acceptors (Lipinski definition) is 1. The summed E-state index contributed by atoms with van der Waals surface area (Å²) in [6.45, 7) is 8.11. The van der Waals surface area contributed by atoms with Crippen molar-refractivity contribution in [2.24, 2.45) is 0 Å². The van der Waals surface area contributed by atoms with Crippen molar-refractivity contribution in [2.45, 2.75) is 33.8 Å². The number of benzene rings is 1. The van der Waals surface area contributed by atoms with Crippen molar-refractivity contribution in [3.63, 3.8) is 0 Å². The van der Waals surface area contributed by atoms with Crippen LogP contribution in [0.25, 0.3) is 0 Å². The average molecular weight is 309 g/mol. The van der Waals surface area contributed by atoms with Gasteiger partial charge >= 0.3 is 30.0 Å². The van der Waals surface area contributed by atoms with Gasteiger partial charge in [0.1, 0.15) is 0 Å². The molecule has 1 aromatic rings. The Balaban J connectivity index is 0.000000791. The molecule has 3 heteroatoms. The summed E-state index contributed by atoms with van der Waals surface area (Å²) in [7, 11) is 0. The maximum absolute atomic E-state index is 5.56. The van der Waals surface area contributed by atoms with Gasteiger partial charge in [-0.15, -0.1) is 12.1 Å². The Morgan fingerprint density at radius 1 is 1.21 bits per heavy atom. The molecule has 1 aromatic carbocycles. The van der Waals surface area contributed by atoms with E-state index in [0.29, 0.717) is 0 Å². The van der Waals surface area contributed by atoms with E-state index >= 15 is 0 Å². The zero-order valence-electron chi connectivity index (χ0n) is 9.23. The molecule has 0 saturated heterocycles. The third-order valence-electron chi connectivity index (χ3n) is 1.48. The van der Waals surface area contributed by atoms with E-state index in [0.717, 1.165) is 16.9 Å². The van der Waals surface area contributed by atoms with E-state index in [4.69, 9.17) is 4.74 Å². The van der Waals surface area contributed by atoms with E-state index in [-0.39, 0.29) is 6.10 Å². The molecule has 0 aliphatic rings. The van der Waals surface area contributed by atoms with Crippen molar-refractivity contribution in [3.05, 3.63) is 29.3 Å². The Bertz CT molecular complexity index is 254. The zero-order chi connectivity index (χ0) is 11.1. The van der Waals surface area contributed by atoms with Crippen molar-refractivity contribution < 1.29 is 21.1 Å². The quantitative estimate of drug-likeness (QED) is 0.597. The van der Waals surface area contributed by atoms with Crippen LogP contribution in [0.5, 0.6) is 5.75 Å². The summed E-state index contributed by atoms with van der Waals surface area (Å²) in [5.41, 5.74) is 2.26. The van der Waals surface area contributed by atoms with Crippen molar-refractivity contribution in [2.75, 3.05) is 0 Å². The molecule has 0 radical (unpaired) electrons. The molecule has 0 saturated carbocycles. The normalized spacial score (nSPS) is 9.43. The van der Waals surface area contributed by atoms with Gasteiger partial charge in [-0.1, -0.05) is 13.8 Å². The van der Waals surface area contributed by atoms with Crippen molar-refractivity contribution in [3.8, 4) is 5.75 Å². The Morgan fingerprint density at radius 2 is 1.64 bits per heavy atom. The third kappa shape index (κ3) is 5.77. The minimum atomic E-state index is 0.242. The number of aryl methyl sites for hydroxylation is 2. The predicted octanol–water partition coefficient (Wildman–Crippen LogP) is 3.73. The van der Waals surface area contributed by atoms with Gasteiger partial charge in [0.05, 0.1) is 6.10 Å². The van der Waals surface area contributed by atoms with E-state index in [1.165, 1.54) is 16.3 Å². The molecule has 14 heavy (non-hydrogen) atoms. The van der Waals surface area contributed by atoms with E-state index in [2.05, 4.69) is 19.7 Å². The molecule has 0 bridgehead atoms. The topological polar surface area (TPSA) is 9.23 Å². The zero-order valence-corrected chi connectivity index (χ0v) is 13.8. The van der Waals surface area contributed by atoms with Gasteiger partial charge in [-0.05, 0) is 13.8 Å². The van der Waals surface area contributed by atoms with Gasteiger partial charge in [-0.2, -0.15) is 17.2 Å². The molecule has 0 aliphatic carbocycles. The van der Waals surface area contributed by atoms with Gasteiger partial charge in [-0.3, -0.25) is 0 Å². The van der Waals surface area contributed by atoms with E-state index in [1.54, 1.807) is 0 Å². The van der Waals surface area contributed by atoms with Crippen LogP contribution in [0, 0.1) is 19.9 Å². The standard InChI is InChI=1S/C11H15O.BrH.Zn/c1-8(2)12-11-6-9(3)5-10(4)7-11;;/h6-8H,1-4H3;1H;/q-1;;+2/p-1. The molecule has 0 unspecified atom stereocenters. The summed E-state index contributed by atoms with van der Waals surface area (Å²) in [5, 5.41) is 0. The predicted molar refractivity (Wildman–Crippen MR) is 59.4 cm³/mol. The first-order valence-electron chi connectivity index (χ1n) is 4.52. The molecule has 0 spiro atoms. The second-order valence-electron chi connectivity index (χ2n) is 3.35. The minimum absolute atomic E-state index is 0.242. The molecule has 0 fully saturated rings. The van der Waals surface area contributed by atoms with Gasteiger partial charge in [0, 0.05) is 5.75 Å². The van der Waals surface area contributed by atoms with Crippen LogP contribution in [0.2, 0.25) is 0 Å². The molecule has 1 nitrogen and oxygen atoms in total. The molecule has 0 atom stereocenters. The Kier molecular flexibility index (Phi) is 7.48. The summed E-state index contributed by atoms with van der Waals surface area (Å²) in [6.07, 6.45) is 0.242. The SMILES string of the molecule is Cc1[c-]c(C)cc(OC(C)C)c1.[Zn+][Br]. The molecule has 0 aliphatic heterocycles. The number of halogens is 1. The van der Waals surface area contributed by atoms with Gasteiger partial charge in [0.15, 0.2) is 0 Å². The van der Waals surface area contributed by atoms with Crippen LogP contribution in [0.4, 0.5) is 0 Å². The molecule has 74 valence electrons. The maximum atomic E-state index is 5.56.